The summed E-state index contributed by atoms with van der Waals surface area (Å²) < 4.78 is 27.1. The smallest absolute Gasteiger partial charge is 0.407 e. The van der Waals surface area contributed by atoms with E-state index >= 15 is 0 Å². The van der Waals surface area contributed by atoms with E-state index in [0.29, 0.717) is 11.4 Å². The third-order valence-corrected chi connectivity index (χ3v) is 8.56. The molecule has 2 aromatic heterocycles. The van der Waals surface area contributed by atoms with Gasteiger partial charge in [-0.2, -0.15) is 0 Å². The van der Waals surface area contributed by atoms with Crippen molar-refractivity contribution in [1.82, 2.24) is 14.2 Å². The number of nitrogens with zero attached hydrogens (tertiary/aromatic N) is 3. The van der Waals surface area contributed by atoms with Gasteiger partial charge < -0.3 is 24.4 Å². The normalized spacial score (nSPS) is 21.4. The molecule has 3 unspecified atom stereocenters. The largest absolute Gasteiger partial charge is 0.458 e. The highest BCUT2D eigenvalue weighted by Gasteiger charge is 2.53. The lowest BCUT2D eigenvalue weighted by Gasteiger charge is -2.39. The summed E-state index contributed by atoms with van der Waals surface area (Å²) in [7, 11) is -4.80. The molecule has 0 amide bonds. The van der Waals surface area contributed by atoms with Crippen LogP contribution in [-0.2, 0) is 37.4 Å². The number of fused-ring (bicyclic) bond motifs is 5. The van der Waals surface area contributed by atoms with Crippen LogP contribution in [0.4, 0.5) is 0 Å². The Bertz CT molecular complexity index is 1520. The van der Waals surface area contributed by atoms with Gasteiger partial charge in [-0.1, -0.05) is 25.1 Å². The number of esters is 1. The van der Waals surface area contributed by atoms with Crippen molar-refractivity contribution in [3.05, 3.63) is 63.4 Å². The van der Waals surface area contributed by atoms with Crippen molar-refractivity contribution in [1.29, 1.82) is 0 Å². The molecule has 2 aliphatic rings. The maximum Gasteiger partial charge on any atom is 0.407 e. The second kappa shape index (κ2) is 9.68. The molecule has 12 heteroatoms. The number of aliphatic hydroxyl groups excluding tert-OH is 2. The Morgan fingerprint density at radius 3 is 2.53 bits per heavy atom. The zero-order chi connectivity index (χ0) is 27.4. The van der Waals surface area contributed by atoms with Crippen molar-refractivity contribution in [2.45, 2.75) is 58.2 Å². The molecule has 5 rings (SSSR count). The van der Waals surface area contributed by atoms with Gasteiger partial charge in [-0.15, -0.1) is 0 Å². The van der Waals surface area contributed by atoms with Crippen LogP contribution in [0.5, 0.6) is 0 Å². The average molecular weight is 544 g/mol. The van der Waals surface area contributed by atoms with E-state index in [0.717, 1.165) is 21.1 Å². The van der Waals surface area contributed by atoms with Crippen molar-refractivity contribution in [3.8, 4) is 11.4 Å². The van der Waals surface area contributed by atoms with Gasteiger partial charge in [0.2, 0.25) is 5.60 Å². The minimum absolute atomic E-state index is 0.110. The number of hydrogen-bond donors (Lipinski definition) is 3. The Labute approximate surface area is 218 Å². The predicted octanol–water partition coefficient (Wildman–Crippen LogP) is 2.27. The predicted molar refractivity (Wildman–Crippen MR) is 138 cm³/mol. The van der Waals surface area contributed by atoms with Crippen LogP contribution in [-0.4, -0.2) is 60.6 Å². The van der Waals surface area contributed by atoms with Gasteiger partial charge in [0.05, 0.1) is 41.2 Å². The summed E-state index contributed by atoms with van der Waals surface area (Å²) in [5.74, 6) is -0.898. The molecule has 0 radical (unpaired) electrons. The van der Waals surface area contributed by atoms with Crippen molar-refractivity contribution in [2.75, 3.05) is 13.1 Å². The van der Waals surface area contributed by atoms with E-state index < -0.39 is 37.1 Å². The Hall–Kier alpha value is -2.92. The van der Waals surface area contributed by atoms with Crippen LogP contribution in [0.25, 0.3) is 22.3 Å². The Morgan fingerprint density at radius 2 is 1.87 bits per heavy atom. The molecule has 3 aromatic rings. The fraction of sp³-hybridized carbons (Fsp3) is 0.423. The summed E-state index contributed by atoms with van der Waals surface area (Å²) in [5.41, 5.74) is 0.491. The van der Waals surface area contributed by atoms with Crippen LogP contribution in [0, 0.1) is 0 Å². The highest BCUT2D eigenvalue weighted by Crippen LogP contribution is 2.55. The SMILES string of the molecule is CC[C@@]1(OP(=O)(O)N(CC(C)O)CC(C)O)C(=O)OCc2c1cc1n(c2=O)Cc2cc3ccccc3nc2-1. The van der Waals surface area contributed by atoms with Crippen LogP contribution in [0.2, 0.25) is 0 Å². The third kappa shape index (κ3) is 4.39. The first-order chi connectivity index (χ1) is 18.0. The lowest BCUT2D eigenvalue weighted by Crippen LogP contribution is -2.47. The van der Waals surface area contributed by atoms with Gasteiger partial charge in [0, 0.05) is 29.6 Å². The van der Waals surface area contributed by atoms with E-state index in [2.05, 4.69) is 0 Å². The van der Waals surface area contributed by atoms with Gasteiger partial charge >= 0.3 is 13.7 Å². The number of carbonyl (C=O) groups is 1. The second-order valence-electron chi connectivity index (χ2n) is 9.91. The van der Waals surface area contributed by atoms with Crippen LogP contribution >= 0.6 is 7.75 Å². The summed E-state index contributed by atoms with van der Waals surface area (Å²) in [6, 6.07) is 11.2. The zero-order valence-corrected chi connectivity index (χ0v) is 22.2. The van der Waals surface area contributed by atoms with Gasteiger partial charge in [-0.25, -0.2) is 19.0 Å². The van der Waals surface area contributed by atoms with Crippen molar-refractivity contribution < 1.29 is 33.7 Å². The van der Waals surface area contributed by atoms with E-state index in [-0.39, 0.29) is 43.8 Å². The molecular weight excluding hydrogens is 513 g/mol. The first-order valence-corrected chi connectivity index (χ1v) is 14.0. The highest BCUT2D eigenvalue weighted by atomic mass is 31.2. The summed E-state index contributed by atoms with van der Waals surface area (Å²) >= 11 is 0. The van der Waals surface area contributed by atoms with E-state index in [1.807, 2.05) is 30.3 Å². The molecule has 0 bridgehead atoms. The molecule has 4 heterocycles. The molecule has 1 aromatic carbocycles. The summed E-state index contributed by atoms with van der Waals surface area (Å²) in [6.07, 6.45) is -2.15. The van der Waals surface area contributed by atoms with Crippen LogP contribution in [0.3, 0.4) is 0 Å². The van der Waals surface area contributed by atoms with Gasteiger partial charge in [0.15, 0.2) is 0 Å². The van der Waals surface area contributed by atoms with Crippen molar-refractivity contribution in [2.24, 2.45) is 0 Å². The standard InChI is InChI=1S/C26H30N3O8P/c1-4-26(37-38(34,35)28(11-15(2)30)12-16(3)31)20-10-22-23-18(9-17-7-5-6-8-21(17)27-23)13-29(22)24(32)19(20)14-36-25(26)33/h5-10,15-16,30-31H,4,11-14H2,1-3H3,(H,34,35)/t15?,16?,26-/m0/s1. The zero-order valence-electron chi connectivity index (χ0n) is 21.3. The topological polar surface area (TPSA) is 151 Å². The maximum absolute atomic E-state index is 13.6. The molecule has 4 atom stereocenters. The molecule has 0 fully saturated rings. The van der Waals surface area contributed by atoms with Crippen molar-refractivity contribution in [3.63, 3.8) is 0 Å². The second-order valence-corrected chi connectivity index (χ2v) is 11.6. The Balaban J connectivity index is 1.66. The quantitative estimate of drug-likeness (QED) is 0.223. The summed E-state index contributed by atoms with van der Waals surface area (Å²) in [5, 5.41) is 20.7. The molecule has 38 heavy (non-hydrogen) atoms. The molecule has 3 N–H and O–H groups in total. The maximum atomic E-state index is 13.6. The monoisotopic (exact) mass is 543 g/mol. The van der Waals surface area contributed by atoms with E-state index in [4.69, 9.17) is 14.2 Å². The molecule has 0 aliphatic carbocycles. The lowest BCUT2D eigenvalue weighted by atomic mass is 9.86. The number of cyclic esters (lactones) is 1. The molecule has 2 aliphatic heterocycles. The number of pyridine rings is 2. The Morgan fingerprint density at radius 1 is 1.18 bits per heavy atom. The van der Waals surface area contributed by atoms with Gasteiger partial charge in [-0.05, 0) is 38.5 Å². The Kier molecular flexibility index (Phi) is 6.79. The average Bonchev–Trinajstić information content (AvgIpc) is 3.21. The van der Waals surface area contributed by atoms with E-state index in [9.17, 15) is 29.3 Å². The lowest BCUT2D eigenvalue weighted by molar-refractivity contribution is -0.170. The van der Waals surface area contributed by atoms with Gasteiger partial charge in [-0.3, -0.25) is 9.32 Å². The molecule has 11 nitrogen and oxygen atoms in total. The minimum Gasteiger partial charge on any atom is -0.458 e. The number of carbonyl (C=O) groups excluding carboxylic acids is 1. The first kappa shape index (κ1) is 26.7. The number of para-hydroxylation sites is 1. The van der Waals surface area contributed by atoms with Crippen LogP contribution in [0.1, 0.15) is 43.9 Å². The third-order valence-electron chi connectivity index (χ3n) is 6.97. The highest BCUT2D eigenvalue weighted by molar-refractivity contribution is 7.50. The fourth-order valence-corrected chi connectivity index (χ4v) is 6.93. The molecule has 0 spiro atoms. The van der Waals surface area contributed by atoms with E-state index in [1.54, 1.807) is 17.6 Å². The fourth-order valence-electron chi connectivity index (χ4n) is 5.22. The van der Waals surface area contributed by atoms with Crippen LogP contribution in [0.15, 0.2) is 41.2 Å². The van der Waals surface area contributed by atoms with E-state index in [1.165, 1.54) is 13.8 Å². The number of hydrogen-bond acceptors (Lipinski definition) is 8. The minimum atomic E-state index is -4.80. The number of aromatic nitrogens is 2. The number of rotatable bonds is 8. The first-order valence-electron chi connectivity index (χ1n) is 12.5. The number of ether oxygens (including phenoxy) is 1. The van der Waals surface area contributed by atoms with Gasteiger partial charge in [0.1, 0.15) is 6.61 Å². The number of benzene rings is 1. The molecular formula is C26H30N3O8P. The van der Waals surface area contributed by atoms with Crippen LogP contribution < -0.4 is 5.56 Å². The molecule has 0 saturated heterocycles. The summed E-state index contributed by atoms with van der Waals surface area (Å²) in [4.78, 5) is 42.7. The molecule has 202 valence electrons. The van der Waals surface area contributed by atoms with Crippen molar-refractivity contribution >= 4 is 24.6 Å². The number of aliphatic hydroxyl groups is 2. The van der Waals surface area contributed by atoms with Gasteiger partial charge in [0.25, 0.3) is 5.56 Å². The summed E-state index contributed by atoms with van der Waals surface area (Å²) in [6.45, 7) is 3.84. The molecule has 0 saturated carbocycles.